The van der Waals surface area contributed by atoms with Crippen molar-refractivity contribution in [3.05, 3.63) is 0 Å². The smallest absolute Gasteiger partial charge is 0.334 e. The Morgan fingerprint density at radius 1 is 1.58 bits per heavy atom. The number of hydrogen-bond acceptors (Lipinski definition) is 3. The van der Waals surface area contributed by atoms with Crippen molar-refractivity contribution in [3.8, 4) is 0 Å². The van der Waals surface area contributed by atoms with Gasteiger partial charge in [0.1, 0.15) is 0 Å². The summed E-state index contributed by atoms with van der Waals surface area (Å²) < 4.78 is 4.87. The second-order valence-corrected chi connectivity index (χ2v) is 2.81. The highest BCUT2D eigenvalue weighted by Crippen LogP contribution is 2.04. The number of nitrogens with zero attached hydrogens (tertiary/aromatic N) is 2. The summed E-state index contributed by atoms with van der Waals surface area (Å²) in [6.45, 7) is 2.64. The number of rotatable bonds is 3. The normalized spacial score (nSPS) is 18.7. The summed E-state index contributed by atoms with van der Waals surface area (Å²) >= 11 is 0. The molecular formula is C7H15N3O2. The number of ether oxygens (including phenoxy) is 1. The van der Waals surface area contributed by atoms with Gasteiger partial charge in [0.2, 0.25) is 0 Å². The number of nitrogens with two attached hydrogens (primary N) is 1. The summed E-state index contributed by atoms with van der Waals surface area (Å²) in [5.41, 5.74) is 0. The molecule has 12 heavy (non-hydrogen) atoms. The average Bonchev–Trinajstić information content (AvgIpc) is 2.08. The maximum Gasteiger partial charge on any atom is 0.334 e. The SMILES string of the molecule is COCCN1CCCN(N)C1=O. The second-order valence-electron chi connectivity index (χ2n) is 2.81. The van der Waals surface area contributed by atoms with Gasteiger partial charge in [-0.25, -0.2) is 10.6 Å². The van der Waals surface area contributed by atoms with Gasteiger partial charge in [0.05, 0.1) is 6.61 Å². The van der Waals surface area contributed by atoms with Crippen LogP contribution in [0.15, 0.2) is 0 Å². The third kappa shape index (κ3) is 2.09. The molecule has 0 aromatic carbocycles. The van der Waals surface area contributed by atoms with Crippen molar-refractivity contribution in [2.75, 3.05) is 33.4 Å². The summed E-state index contributed by atoms with van der Waals surface area (Å²) in [5, 5.41) is 1.25. The molecule has 0 atom stereocenters. The molecule has 5 heteroatoms. The van der Waals surface area contributed by atoms with Gasteiger partial charge in [0.15, 0.2) is 0 Å². The fourth-order valence-electron chi connectivity index (χ4n) is 1.21. The van der Waals surface area contributed by atoms with E-state index in [1.165, 1.54) is 5.01 Å². The zero-order chi connectivity index (χ0) is 8.97. The molecular weight excluding hydrogens is 158 g/mol. The third-order valence-corrected chi connectivity index (χ3v) is 1.91. The Bertz CT molecular complexity index is 163. The molecule has 1 saturated heterocycles. The third-order valence-electron chi connectivity index (χ3n) is 1.91. The maximum absolute atomic E-state index is 11.3. The number of hydrazine groups is 1. The molecule has 0 unspecified atom stereocenters. The zero-order valence-corrected chi connectivity index (χ0v) is 7.32. The number of carbonyl (C=O) groups is 1. The number of carbonyl (C=O) groups excluding carboxylic acids is 1. The van der Waals surface area contributed by atoms with E-state index in [1.807, 2.05) is 0 Å². The van der Waals surface area contributed by atoms with E-state index in [0.29, 0.717) is 19.7 Å². The summed E-state index contributed by atoms with van der Waals surface area (Å²) in [4.78, 5) is 13.0. The van der Waals surface area contributed by atoms with E-state index in [0.717, 1.165) is 13.0 Å². The lowest BCUT2D eigenvalue weighted by atomic mass is 10.3. The summed E-state index contributed by atoms with van der Waals surface area (Å²) in [6.07, 6.45) is 0.936. The van der Waals surface area contributed by atoms with Crippen LogP contribution in [0.2, 0.25) is 0 Å². The van der Waals surface area contributed by atoms with Gasteiger partial charge in [-0.1, -0.05) is 0 Å². The van der Waals surface area contributed by atoms with Gasteiger partial charge in [-0.15, -0.1) is 0 Å². The molecule has 0 bridgehead atoms. The average molecular weight is 173 g/mol. The van der Waals surface area contributed by atoms with Crippen LogP contribution >= 0.6 is 0 Å². The predicted molar refractivity (Wildman–Crippen MR) is 44.4 cm³/mol. The fourth-order valence-corrected chi connectivity index (χ4v) is 1.21. The molecule has 5 nitrogen and oxygen atoms in total. The van der Waals surface area contributed by atoms with Crippen LogP contribution in [-0.4, -0.2) is 49.3 Å². The number of hydrogen-bond donors (Lipinski definition) is 1. The predicted octanol–water partition coefficient (Wildman–Crippen LogP) is -0.366. The summed E-state index contributed by atoms with van der Waals surface area (Å²) in [6, 6.07) is -0.0988. The highest BCUT2D eigenvalue weighted by Gasteiger charge is 2.22. The van der Waals surface area contributed by atoms with Crippen LogP contribution < -0.4 is 5.84 Å². The highest BCUT2D eigenvalue weighted by atomic mass is 16.5. The largest absolute Gasteiger partial charge is 0.383 e. The van der Waals surface area contributed by atoms with Crippen molar-refractivity contribution >= 4 is 6.03 Å². The Morgan fingerprint density at radius 3 is 3.00 bits per heavy atom. The minimum absolute atomic E-state index is 0.0988. The first-order chi connectivity index (χ1) is 5.75. The van der Waals surface area contributed by atoms with E-state index in [2.05, 4.69) is 0 Å². The summed E-state index contributed by atoms with van der Waals surface area (Å²) in [7, 11) is 1.62. The Labute approximate surface area is 72.0 Å². The van der Waals surface area contributed by atoms with Crippen LogP contribution in [0.4, 0.5) is 4.79 Å². The minimum atomic E-state index is -0.0988. The Kier molecular flexibility index (Phi) is 3.31. The minimum Gasteiger partial charge on any atom is -0.383 e. The number of urea groups is 1. The van der Waals surface area contributed by atoms with Gasteiger partial charge in [0.25, 0.3) is 0 Å². The number of methoxy groups -OCH3 is 1. The van der Waals surface area contributed by atoms with Gasteiger partial charge in [0, 0.05) is 26.7 Å². The van der Waals surface area contributed by atoms with Crippen molar-refractivity contribution in [2.24, 2.45) is 5.84 Å². The molecule has 0 aromatic rings. The molecule has 70 valence electrons. The van der Waals surface area contributed by atoms with E-state index < -0.39 is 0 Å². The van der Waals surface area contributed by atoms with Gasteiger partial charge >= 0.3 is 6.03 Å². The standard InChI is InChI=1S/C7H15N3O2/c1-12-6-5-9-3-2-4-10(8)7(9)11/h2-6,8H2,1H3. The molecule has 1 aliphatic heterocycles. The zero-order valence-electron chi connectivity index (χ0n) is 7.32. The van der Waals surface area contributed by atoms with Gasteiger partial charge in [-0.05, 0) is 6.42 Å². The Hall–Kier alpha value is -0.810. The van der Waals surface area contributed by atoms with Crippen LogP contribution in [0.25, 0.3) is 0 Å². The first-order valence-electron chi connectivity index (χ1n) is 4.06. The van der Waals surface area contributed by atoms with Crippen molar-refractivity contribution < 1.29 is 9.53 Å². The fraction of sp³-hybridized carbons (Fsp3) is 0.857. The lowest BCUT2D eigenvalue weighted by molar-refractivity contribution is 0.106. The molecule has 0 saturated carbocycles. The van der Waals surface area contributed by atoms with Crippen molar-refractivity contribution in [3.63, 3.8) is 0 Å². The van der Waals surface area contributed by atoms with Crippen LogP contribution in [0.1, 0.15) is 6.42 Å². The molecule has 2 amide bonds. The molecule has 1 rings (SSSR count). The van der Waals surface area contributed by atoms with E-state index >= 15 is 0 Å². The number of amides is 2. The molecule has 1 fully saturated rings. The van der Waals surface area contributed by atoms with E-state index in [9.17, 15) is 4.79 Å². The quantitative estimate of drug-likeness (QED) is 0.468. The first-order valence-corrected chi connectivity index (χ1v) is 4.06. The molecule has 0 radical (unpaired) electrons. The lowest BCUT2D eigenvalue weighted by Gasteiger charge is -2.32. The maximum atomic E-state index is 11.3. The van der Waals surface area contributed by atoms with E-state index in [-0.39, 0.29) is 6.03 Å². The van der Waals surface area contributed by atoms with Crippen LogP contribution in [0.5, 0.6) is 0 Å². The van der Waals surface area contributed by atoms with Gasteiger partial charge < -0.3 is 9.64 Å². The molecule has 1 heterocycles. The molecule has 0 spiro atoms. The van der Waals surface area contributed by atoms with Crippen molar-refractivity contribution in [1.82, 2.24) is 9.91 Å². The van der Waals surface area contributed by atoms with E-state index in [4.69, 9.17) is 10.6 Å². The lowest BCUT2D eigenvalue weighted by Crippen LogP contribution is -2.53. The highest BCUT2D eigenvalue weighted by molar-refractivity contribution is 5.74. The molecule has 1 aliphatic rings. The second kappa shape index (κ2) is 4.27. The van der Waals surface area contributed by atoms with Crippen molar-refractivity contribution in [2.45, 2.75) is 6.42 Å². The Morgan fingerprint density at radius 2 is 2.33 bits per heavy atom. The summed E-state index contributed by atoms with van der Waals surface area (Å²) in [5.74, 6) is 5.44. The molecule has 0 aromatic heterocycles. The van der Waals surface area contributed by atoms with Crippen LogP contribution in [0.3, 0.4) is 0 Å². The van der Waals surface area contributed by atoms with Crippen molar-refractivity contribution in [1.29, 1.82) is 0 Å². The first kappa shape index (κ1) is 9.28. The van der Waals surface area contributed by atoms with Gasteiger partial charge in [-0.2, -0.15) is 0 Å². The topological polar surface area (TPSA) is 58.8 Å². The monoisotopic (exact) mass is 173 g/mol. The Balaban J connectivity index is 2.36. The van der Waals surface area contributed by atoms with Crippen LogP contribution in [0, 0.1) is 0 Å². The van der Waals surface area contributed by atoms with Gasteiger partial charge in [-0.3, -0.25) is 5.01 Å². The van der Waals surface area contributed by atoms with E-state index in [1.54, 1.807) is 12.0 Å². The molecule has 2 N–H and O–H groups in total. The van der Waals surface area contributed by atoms with Crippen LogP contribution in [-0.2, 0) is 4.74 Å². The molecule has 0 aliphatic carbocycles.